The molecule has 2 heterocycles. The van der Waals surface area contributed by atoms with Crippen molar-refractivity contribution >= 4 is 29.4 Å². The van der Waals surface area contributed by atoms with Gasteiger partial charge in [-0.05, 0) is 6.07 Å². The minimum atomic E-state index is -1.68. The number of rotatable bonds is 2. The van der Waals surface area contributed by atoms with Gasteiger partial charge in [0.2, 0.25) is 23.3 Å². The summed E-state index contributed by atoms with van der Waals surface area (Å²) in [4.78, 5) is 58.7. The maximum Gasteiger partial charge on any atom is 0.328 e. The molecule has 9 nitrogen and oxygen atoms in total. The van der Waals surface area contributed by atoms with Gasteiger partial charge in [0.05, 0.1) is 0 Å². The summed E-state index contributed by atoms with van der Waals surface area (Å²) < 4.78 is 0. The monoisotopic (exact) mass is 264 g/mol. The molecular weight excluding hydrogens is 256 g/mol. The van der Waals surface area contributed by atoms with Gasteiger partial charge < -0.3 is 10.3 Å². The molecule has 0 saturated carbocycles. The van der Waals surface area contributed by atoms with Gasteiger partial charge in [0.25, 0.3) is 0 Å². The molecule has 1 aromatic heterocycles. The number of H-pyrrole nitrogens is 1. The molecule has 0 unspecified atom stereocenters. The van der Waals surface area contributed by atoms with Gasteiger partial charge in [-0.25, -0.2) is 4.79 Å². The molecule has 0 aliphatic carbocycles. The predicted molar refractivity (Wildman–Crippen MR) is 60.9 cm³/mol. The van der Waals surface area contributed by atoms with E-state index in [1.807, 2.05) is 0 Å². The van der Waals surface area contributed by atoms with Crippen LogP contribution in [0.4, 0.5) is 10.5 Å². The van der Waals surface area contributed by atoms with E-state index >= 15 is 0 Å². The zero-order chi connectivity index (χ0) is 14.0. The molecule has 19 heavy (non-hydrogen) atoms. The molecule has 4 N–H and O–H groups in total. The quantitative estimate of drug-likeness (QED) is 0.471. The van der Waals surface area contributed by atoms with Gasteiger partial charge in [-0.3, -0.25) is 29.8 Å². The van der Waals surface area contributed by atoms with Gasteiger partial charge >= 0.3 is 6.03 Å². The second-order valence-electron chi connectivity index (χ2n) is 3.67. The van der Waals surface area contributed by atoms with Crippen molar-refractivity contribution < 1.29 is 19.2 Å². The summed E-state index contributed by atoms with van der Waals surface area (Å²) in [6.45, 7) is 0. The number of urea groups is 1. The first-order chi connectivity index (χ1) is 8.97. The van der Waals surface area contributed by atoms with Gasteiger partial charge in [0.15, 0.2) is 5.92 Å². The molecule has 2 rings (SSSR count). The van der Waals surface area contributed by atoms with Crippen molar-refractivity contribution in [2.45, 2.75) is 0 Å². The molecule has 0 spiro atoms. The third-order valence-corrected chi connectivity index (χ3v) is 2.30. The second-order valence-corrected chi connectivity index (χ2v) is 3.67. The fourth-order valence-corrected chi connectivity index (χ4v) is 1.49. The Labute approximate surface area is 105 Å². The van der Waals surface area contributed by atoms with Crippen molar-refractivity contribution in [3.63, 3.8) is 0 Å². The Morgan fingerprint density at radius 1 is 1.11 bits per heavy atom. The maximum absolute atomic E-state index is 11.7. The molecule has 1 aliphatic rings. The SMILES string of the molecule is O=C1NC(=O)C(C(=O)Nc2cc[nH]c(=O)c2)C(=O)N1. The summed E-state index contributed by atoms with van der Waals surface area (Å²) >= 11 is 0. The lowest BCUT2D eigenvalue weighted by molar-refractivity contribution is -0.141. The highest BCUT2D eigenvalue weighted by molar-refractivity contribution is 6.28. The van der Waals surface area contributed by atoms with Crippen LogP contribution in [0.2, 0.25) is 0 Å². The smallest absolute Gasteiger partial charge is 0.328 e. The number of nitrogens with one attached hydrogen (secondary N) is 4. The van der Waals surface area contributed by atoms with Gasteiger partial charge in [-0.15, -0.1) is 0 Å². The van der Waals surface area contributed by atoms with Crippen LogP contribution in [0, 0.1) is 5.92 Å². The van der Waals surface area contributed by atoms with Crippen LogP contribution in [-0.2, 0) is 14.4 Å². The number of hydrogen-bond donors (Lipinski definition) is 4. The molecule has 5 amide bonds. The molecular formula is C10H8N4O5. The van der Waals surface area contributed by atoms with Crippen molar-refractivity contribution in [3.8, 4) is 0 Å². The van der Waals surface area contributed by atoms with E-state index in [0.29, 0.717) is 0 Å². The summed E-state index contributed by atoms with van der Waals surface area (Å²) in [5.74, 6) is -4.66. The number of carbonyl (C=O) groups is 4. The fourth-order valence-electron chi connectivity index (χ4n) is 1.49. The Bertz CT molecular complexity index is 615. The van der Waals surface area contributed by atoms with Crippen LogP contribution in [0.5, 0.6) is 0 Å². The summed E-state index contributed by atoms with van der Waals surface area (Å²) in [5.41, 5.74) is -0.322. The van der Waals surface area contributed by atoms with E-state index in [-0.39, 0.29) is 5.69 Å². The molecule has 0 radical (unpaired) electrons. The minimum absolute atomic E-state index is 0.131. The molecule has 1 saturated heterocycles. The van der Waals surface area contributed by atoms with E-state index in [1.165, 1.54) is 12.3 Å². The van der Waals surface area contributed by atoms with Crippen LogP contribution >= 0.6 is 0 Å². The highest BCUT2D eigenvalue weighted by atomic mass is 16.2. The lowest BCUT2D eigenvalue weighted by Gasteiger charge is -2.19. The van der Waals surface area contributed by atoms with Crippen LogP contribution in [0.15, 0.2) is 23.1 Å². The highest BCUT2D eigenvalue weighted by Crippen LogP contribution is 2.08. The van der Waals surface area contributed by atoms with Gasteiger partial charge in [0.1, 0.15) is 0 Å². The summed E-state index contributed by atoms with van der Waals surface area (Å²) in [6, 6.07) is 1.49. The molecule has 0 aromatic carbocycles. The topological polar surface area (TPSA) is 137 Å². The van der Waals surface area contributed by atoms with Gasteiger partial charge in [-0.2, -0.15) is 0 Å². The molecule has 1 aromatic rings. The largest absolute Gasteiger partial charge is 0.329 e. The molecule has 1 fully saturated rings. The normalized spacial score (nSPS) is 15.7. The van der Waals surface area contributed by atoms with Crippen molar-refractivity contribution in [3.05, 3.63) is 28.7 Å². The van der Waals surface area contributed by atoms with Crippen LogP contribution in [-0.4, -0.2) is 28.7 Å². The van der Waals surface area contributed by atoms with Crippen LogP contribution in [0.1, 0.15) is 0 Å². The maximum atomic E-state index is 11.7. The number of barbiturate groups is 1. The number of aromatic nitrogens is 1. The number of aromatic amines is 1. The van der Waals surface area contributed by atoms with Crippen molar-refractivity contribution in [1.29, 1.82) is 0 Å². The number of carbonyl (C=O) groups excluding carboxylic acids is 4. The fraction of sp³-hybridized carbons (Fsp3) is 0.100. The van der Waals surface area contributed by atoms with Crippen molar-refractivity contribution in [2.24, 2.45) is 5.92 Å². The van der Waals surface area contributed by atoms with E-state index in [4.69, 9.17) is 0 Å². The number of amides is 5. The predicted octanol–water partition coefficient (Wildman–Crippen LogP) is -1.70. The van der Waals surface area contributed by atoms with Crippen LogP contribution in [0.25, 0.3) is 0 Å². The Morgan fingerprint density at radius 3 is 2.32 bits per heavy atom. The van der Waals surface area contributed by atoms with E-state index in [0.717, 1.165) is 6.07 Å². The third-order valence-electron chi connectivity index (χ3n) is 2.30. The molecule has 0 atom stereocenters. The third kappa shape index (κ3) is 2.65. The van der Waals surface area contributed by atoms with Crippen molar-refractivity contribution in [2.75, 3.05) is 5.32 Å². The Balaban J connectivity index is 2.16. The first-order valence-corrected chi connectivity index (χ1v) is 5.12. The molecule has 1 aliphatic heterocycles. The average molecular weight is 264 g/mol. The summed E-state index contributed by atoms with van der Waals surface area (Å²) in [5, 5.41) is 5.83. The summed E-state index contributed by atoms with van der Waals surface area (Å²) in [6.07, 6.45) is 1.29. The number of hydrogen-bond acceptors (Lipinski definition) is 5. The second kappa shape index (κ2) is 4.72. The molecule has 0 bridgehead atoms. The molecule has 9 heteroatoms. The number of pyridine rings is 1. The zero-order valence-corrected chi connectivity index (χ0v) is 9.35. The van der Waals surface area contributed by atoms with Gasteiger partial charge in [0, 0.05) is 18.0 Å². The summed E-state index contributed by atoms with van der Waals surface area (Å²) in [7, 11) is 0. The van der Waals surface area contributed by atoms with Crippen LogP contribution in [0.3, 0.4) is 0 Å². The highest BCUT2D eigenvalue weighted by Gasteiger charge is 2.39. The van der Waals surface area contributed by atoms with E-state index in [9.17, 15) is 24.0 Å². The Hall–Kier alpha value is -2.97. The standard InChI is InChI=1S/C10H8N4O5/c15-5-3-4(1-2-11-5)12-7(16)6-8(17)13-10(19)14-9(6)18/h1-3,6H,(H2,11,12,15,16)(H2,13,14,17,18,19). The lowest BCUT2D eigenvalue weighted by atomic mass is 10.1. The van der Waals surface area contributed by atoms with E-state index < -0.39 is 35.2 Å². The van der Waals surface area contributed by atoms with E-state index in [1.54, 1.807) is 10.6 Å². The van der Waals surface area contributed by atoms with Crippen molar-refractivity contribution in [1.82, 2.24) is 15.6 Å². The molecule has 98 valence electrons. The Kier molecular flexibility index (Phi) is 3.10. The minimum Gasteiger partial charge on any atom is -0.329 e. The van der Waals surface area contributed by atoms with Gasteiger partial charge in [-0.1, -0.05) is 0 Å². The first-order valence-electron chi connectivity index (χ1n) is 5.12. The lowest BCUT2D eigenvalue weighted by Crippen LogP contribution is -2.58. The van der Waals surface area contributed by atoms with E-state index in [2.05, 4.69) is 10.3 Å². The first kappa shape index (κ1) is 12.5. The zero-order valence-electron chi connectivity index (χ0n) is 9.35. The average Bonchev–Trinajstić information content (AvgIpc) is 2.27. The van der Waals surface area contributed by atoms with Crippen LogP contribution < -0.4 is 21.5 Å². The Morgan fingerprint density at radius 2 is 1.74 bits per heavy atom. The number of anilines is 1. The number of imide groups is 2.